The monoisotopic (exact) mass is 318 g/mol. The zero-order valence-electron chi connectivity index (χ0n) is 12.2. The van der Waals surface area contributed by atoms with Crippen LogP contribution >= 0.6 is 0 Å². The lowest BCUT2D eigenvalue weighted by molar-refractivity contribution is -0.274. The molecule has 22 heavy (non-hydrogen) atoms. The molecule has 0 saturated carbocycles. The van der Waals surface area contributed by atoms with Crippen molar-refractivity contribution in [2.75, 3.05) is 26.2 Å². The second-order valence-corrected chi connectivity index (χ2v) is 5.59. The molecule has 0 amide bonds. The minimum absolute atomic E-state index is 0.171. The number of halogens is 3. The molecule has 1 aliphatic heterocycles. The first kappa shape index (κ1) is 17.1. The minimum Gasteiger partial charge on any atom is -0.406 e. The van der Waals surface area contributed by atoms with Gasteiger partial charge in [0.25, 0.3) is 0 Å². The van der Waals surface area contributed by atoms with Crippen LogP contribution in [0.2, 0.25) is 0 Å². The number of hydrogen-bond acceptors (Lipinski definition) is 4. The summed E-state index contributed by atoms with van der Waals surface area (Å²) in [6.07, 6.45) is -2.65. The Morgan fingerprint density at radius 1 is 1.32 bits per heavy atom. The molecule has 0 aromatic heterocycles. The van der Waals surface area contributed by atoms with Gasteiger partial charge in [0.2, 0.25) is 0 Å². The van der Waals surface area contributed by atoms with Crippen LogP contribution in [0.15, 0.2) is 24.3 Å². The number of rotatable bonds is 6. The molecule has 3 N–H and O–H groups in total. The number of hydrogen-bond donors (Lipinski definition) is 3. The lowest BCUT2D eigenvalue weighted by atomic mass is 9.94. The van der Waals surface area contributed by atoms with Crippen molar-refractivity contribution >= 4 is 0 Å². The van der Waals surface area contributed by atoms with Gasteiger partial charge in [0, 0.05) is 13.1 Å². The fourth-order valence-corrected chi connectivity index (χ4v) is 2.58. The summed E-state index contributed by atoms with van der Waals surface area (Å²) in [5.74, 6) is -0.171. The molecule has 0 aliphatic carbocycles. The number of nitrogens with one attached hydrogen (secondary N) is 2. The Balaban J connectivity index is 1.81. The van der Waals surface area contributed by atoms with E-state index < -0.39 is 12.0 Å². The maximum atomic E-state index is 12.3. The Kier molecular flexibility index (Phi) is 5.66. The third-order valence-electron chi connectivity index (χ3n) is 3.67. The first-order chi connectivity index (χ1) is 10.4. The predicted molar refractivity (Wildman–Crippen MR) is 76.8 cm³/mol. The van der Waals surface area contributed by atoms with Gasteiger partial charge in [-0.3, -0.25) is 0 Å². The van der Waals surface area contributed by atoms with Gasteiger partial charge in [-0.05, 0) is 44.0 Å². The summed E-state index contributed by atoms with van der Waals surface area (Å²) in [6, 6.07) is 6.10. The minimum atomic E-state index is -4.69. The van der Waals surface area contributed by atoms with Gasteiger partial charge in [0.05, 0.1) is 5.60 Å². The van der Waals surface area contributed by atoms with Crippen molar-refractivity contribution in [1.29, 1.82) is 0 Å². The summed E-state index contributed by atoms with van der Waals surface area (Å²) >= 11 is 0. The summed E-state index contributed by atoms with van der Waals surface area (Å²) in [5.41, 5.74) is -0.290. The van der Waals surface area contributed by atoms with Crippen LogP contribution in [0.1, 0.15) is 18.4 Å². The Hall–Kier alpha value is -1.31. The van der Waals surface area contributed by atoms with Crippen LogP contribution in [0, 0.1) is 0 Å². The average molecular weight is 318 g/mol. The Bertz CT molecular complexity index is 474. The van der Waals surface area contributed by atoms with Crippen LogP contribution < -0.4 is 15.4 Å². The van der Waals surface area contributed by atoms with Crippen LogP contribution in [-0.4, -0.2) is 43.2 Å². The van der Waals surface area contributed by atoms with E-state index in [0.717, 1.165) is 19.4 Å². The fourth-order valence-electron chi connectivity index (χ4n) is 2.58. The molecule has 1 fully saturated rings. The van der Waals surface area contributed by atoms with Crippen molar-refractivity contribution in [2.24, 2.45) is 0 Å². The molecule has 0 radical (unpaired) electrons. The number of piperidine rings is 1. The first-order valence-corrected chi connectivity index (χ1v) is 7.35. The molecule has 0 unspecified atom stereocenters. The molecule has 124 valence electrons. The number of alkyl halides is 3. The predicted octanol–water partition coefficient (Wildman–Crippen LogP) is 1.83. The smallest absolute Gasteiger partial charge is 0.406 e. The van der Waals surface area contributed by atoms with E-state index in [1.807, 2.05) is 0 Å². The highest BCUT2D eigenvalue weighted by Crippen LogP contribution is 2.26. The fraction of sp³-hybridized carbons (Fsp3) is 0.600. The van der Waals surface area contributed by atoms with Crippen molar-refractivity contribution in [2.45, 2.75) is 31.2 Å². The molecule has 7 heteroatoms. The molecule has 1 aliphatic rings. The van der Waals surface area contributed by atoms with E-state index in [4.69, 9.17) is 0 Å². The number of aliphatic hydroxyl groups is 1. The van der Waals surface area contributed by atoms with Gasteiger partial charge >= 0.3 is 6.36 Å². The van der Waals surface area contributed by atoms with E-state index in [2.05, 4.69) is 15.4 Å². The quantitative estimate of drug-likeness (QED) is 0.701. The molecule has 1 atom stereocenters. The van der Waals surface area contributed by atoms with Crippen LogP contribution in [-0.2, 0) is 6.42 Å². The van der Waals surface area contributed by atoms with Crippen molar-refractivity contribution in [1.82, 2.24) is 10.6 Å². The molecule has 1 aromatic rings. The molecule has 1 heterocycles. The topological polar surface area (TPSA) is 53.5 Å². The highest BCUT2D eigenvalue weighted by Gasteiger charge is 2.32. The SMILES string of the molecule is O[C@]1(CNCCc2ccccc2OC(F)(F)F)CCCNC1. The van der Waals surface area contributed by atoms with Crippen LogP contribution in [0.5, 0.6) is 5.75 Å². The lowest BCUT2D eigenvalue weighted by Gasteiger charge is -2.32. The van der Waals surface area contributed by atoms with E-state index in [-0.39, 0.29) is 5.75 Å². The van der Waals surface area contributed by atoms with E-state index in [0.29, 0.717) is 31.6 Å². The number of β-amino-alcohol motifs (C(OH)–C–C–N with tert-alkyl or cyclic N) is 1. The molecule has 0 spiro atoms. The van der Waals surface area contributed by atoms with Gasteiger partial charge in [0.15, 0.2) is 0 Å². The second-order valence-electron chi connectivity index (χ2n) is 5.59. The highest BCUT2D eigenvalue weighted by molar-refractivity contribution is 5.33. The van der Waals surface area contributed by atoms with Gasteiger partial charge < -0.3 is 20.5 Å². The standard InChI is InChI=1S/C15H21F3N2O2/c16-15(17,18)22-13-5-2-1-4-12(13)6-9-20-11-14(21)7-3-8-19-10-14/h1-2,4-5,19-21H,3,6-11H2/t14-/m1/s1. The molecule has 1 aromatic carbocycles. The number of benzene rings is 1. The zero-order chi connectivity index (χ0) is 16.1. The third-order valence-corrected chi connectivity index (χ3v) is 3.67. The van der Waals surface area contributed by atoms with E-state index >= 15 is 0 Å². The van der Waals surface area contributed by atoms with Crippen LogP contribution in [0.25, 0.3) is 0 Å². The average Bonchev–Trinajstić information content (AvgIpc) is 2.44. The van der Waals surface area contributed by atoms with E-state index in [9.17, 15) is 18.3 Å². The maximum Gasteiger partial charge on any atom is 0.573 e. The lowest BCUT2D eigenvalue weighted by Crippen LogP contribution is -2.52. The summed E-state index contributed by atoms with van der Waals surface area (Å²) in [6.45, 7) is 2.33. The summed E-state index contributed by atoms with van der Waals surface area (Å²) in [7, 11) is 0. The van der Waals surface area contributed by atoms with Crippen LogP contribution in [0.3, 0.4) is 0 Å². The Morgan fingerprint density at radius 3 is 2.77 bits per heavy atom. The van der Waals surface area contributed by atoms with Gasteiger partial charge in [0.1, 0.15) is 5.75 Å². The van der Waals surface area contributed by atoms with Crippen LogP contribution in [0.4, 0.5) is 13.2 Å². The second kappa shape index (κ2) is 7.30. The summed E-state index contributed by atoms with van der Waals surface area (Å²) in [5, 5.41) is 16.5. The van der Waals surface area contributed by atoms with Crippen molar-refractivity contribution in [3.05, 3.63) is 29.8 Å². The summed E-state index contributed by atoms with van der Waals surface area (Å²) < 4.78 is 41.0. The largest absolute Gasteiger partial charge is 0.573 e. The molecule has 0 bridgehead atoms. The van der Waals surface area contributed by atoms with E-state index in [1.54, 1.807) is 12.1 Å². The van der Waals surface area contributed by atoms with Gasteiger partial charge in [-0.1, -0.05) is 18.2 Å². The normalized spacial score (nSPS) is 22.5. The molecule has 1 saturated heterocycles. The Morgan fingerprint density at radius 2 is 2.09 bits per heavy atom. The molecular formula is C15H21F3N2O2. The number of ether oxygens (including phenoxy) is 1. The molecule has 4 nitrogen and oxygen atoms in total. The maximum absolute atomic E-state index is 12.3. The number of para-hydroxylation sites is 1. The molecule has 2 rings (SSSR count). The van der Waals surface area contributed by atoms with E-state index in [1.165, 1.54) is 12.1 Å². The van der Waals surface area contributed by atoms with Gasteiger partial charge in [-0.2, -0.15) is 0 Å². The molecular weight excluding hydrogens is 297 g/mol. The summed E-state index contributed by atoms with van der Waals surface area (Å²) in [4.78, 5) is 0. The first-order valence-electron chi connectivity index (χ1n) is 7.35. The van der Waals surface area contributed by atoms with Gasteiger partial charge in [-0.25, -0.2) is 0 Å². The third kappa shape index (κ3) is 5.47. The van der Waals surface area contributed by atoms with Crippen molar-refractivity contribution in [3.8, 4) is 5.75 Å². The van der Waals surface area contributed by atoms with Crippen molar-refractivity contribution in [3.63, 3.8) is 0 Å². The zero-order valence-corrected chi connectivity index (χ0v) is 12.2. The Labute approximate surface area is 127 Å². The van der Waals surface area contributed by atoms with Gasteiger partial charge in [-0.15, -0.1) is 13.2 Å². The highest BCUT2D eigenvalue weighted by atomic mass is 19.4. The van der Waals surface area contributed by atoms with Crippen molar-refractivity contribution < 1.29 is 23.0 Å².